The highest BCUT2D eigenvalue weighted by atomic mass is 16.3. The van der Waals surface area contributed by atoms with Crippen LogP contribution in [0.25, 0.3) is 0 Å². The summed E-state index contributed by atoms with van der Waals surface area (Å²) in [5.41, 5.74) is -0.458. The van der Waals surface area contributed by atoms with Crippen LogP contribution in [0.2, 0.25) is 0 Å². The molecule has 94 valence electrons. The van der Waals surface area contributed by atoms with E-state index >= 15 is 0 Å². The van der Waals surface area contributed by atoms with Crippen LogP contribution in [0, 0.1) is 11.8 Å². The molecule has 0 aliphatic heterocycles. The quantitative estimate of drug-likeness (QED) is 0.667. The van der Waals surface area contributed by atoms with Gasteiger partial charge < -0.3 is 15.7 Å². The minimum atomic E-state index is -0.458. The molecule has 0 aromatic carbocycles. The predicted molar refractivity (Wildman–Crippen MR) is 64.2 cm³/mol. The van der Waals surface area contributed by atoms with Crippen LogP contribution in [0.3, 0.4) is 0 Å². The predicted octanol–water partition coefficient (Wildman–Crippen LogP) is 1.49. The molecule has 0 aromatic heterocycles. The van der Waals surface area contributed by atoms with E-state index in [1.165, 1.54) is 0 Å². The molecule has 4 nitrogen and oxygen atoms in total. The van der Waals surface area contributed by atoms with Crippen LogP contribution in [-0.2, 0) is 0 Å². The van der Waals surface area contributed by atoms with Crippen LogP contribution in [0.5, 0.6) is 0 Å². The zero-order chi connectivity index (χ0) is 12.3. The molecular weight excluding hydrogens is 204 g/mol. The van der Waals surface area contributed by atoms with Gasteiger partial charge in [0.25, 0.3) is 0 Å². The molecule has 3 N–H and O–H groups in total. The molecule has 1 aliphatic carbocycles. The van der Waals surface area contributed by atoms with Crippen LogP contribution in [-0.4, -0.2) is 29.3 Å². The third-order valence-corrected chi connectivity index (χ3v) is 3.56. The first kappa shape index (κ1) is 13.3. The maximum Gasteiger partial charge on any atom is 0.315 e. The number of aliphatic hydroxyl groups excluding tert-OH is 1. The number of carbonyl (C=O) groups is 1. The van der Waals surface area contributed by atoms with E-state index < -0.39 is 5.54 Å². The maximum atomic E-state index is 11.7. The smallest absolute Gasteiger partial charge is 0.315 e. The first-order valence-corrected chi connectivity index (χ1v) is 6.08. The average Bonchev–Trinajstić information content (AvgIpc) is 3.00. The van der Waals surface area contributed by atoms with Crippen LogP contribution in [0.15, 0.2) is 0 Å². The number of hydrogen-bond donors (Lipinski definition) is 3. The van der Waals surface area contributed by atoms with Crippen molar-refractivity contribution in [3.63, 3.8) is 0 Å². The first-order valence-electron chi connectivity index (χ1n) is 6.08. The highest BCUT2D eigenvalue weighted by molar-refractivity contribution is 5.75. The minimum absolute atomic E-state index is 0.00114. The summed E-state index contributed by atoms with van der Waals surface area (Å²) in [6.45, 7) is 8.03. The Bertz CT molecular complexity index is 251. The minimum Gasteiger partial charge on any atom is -0.394 e. The topological polar surface area (TPSA) is 61.4 Å². The van der Waals surface area contributed by atoms with Crippen molar-refractivity contribution < 1.29 is 9.90 Å². The molecule has 16 heavy (non-hydrogen) atoms. The van der Waals surface area contributed by atoms with Crippen LogP contribution in [0.4, 0.5) is 4.79 Å². The van der Waals surface area contributed by atoms with Crippen molar-refractivity contribution in [2.45, 2.75) is 52.1 Å². The van der Waals surface area contributed by atoms with E-state index in [2.05, 4.69) is 24.5 Å². The number of amides is 2. The van der Waals surface area contributed by atoms with Gasteiger partial charge in [-0.3, -0.25) is 0 Å². The van der Waals surface area contributed by atoms with E-state index in [1.54, 1.807) is 0 Å². The van der Waals surface area contributed by atoms with Crippen molar-refractivity contribution in [2.24, 2.45) is 11.8 Å². The summed E-state index contributed by atoms with van der Waals surface area (Å²) in [4.78, 5) is 11.7. The van der Waals surface area contributed by atoms with Crippen molar-refractivity contribution in [3.05, 3.63) is 0 Å². The molecule has 4 heteroatoms. The van der Waals surface area contributed by atoms with E-state index in [0.29, 0.717) is 11.8 Å². The van der Waals surface area contributed by atoms with Gasteiger partial charge in [0.05, 0.1) is 12.1 Å². The van der Waals surface area contributed by atoms with Crippen molar-refractivity contribution in [1.29, 1.82) is 0 Å². The fourth-order valence-corrected chi connectivity index (χ4v) is 1.66. The second-order valence-corrected chi connectivity index (χ2v) is 5.48. The molecule has 0 radical (unpaired) electrons. The molecule has 2 unspecified atom stereocenters. The molecule has 1 rings (SSSR count). The molecule has 1 fully saturated rings. The highest BCUT2D eigenvalue weighted by Crippen LogP contribution is 2.39. The lowest BCUT2D eigenvalue weighted by atomic mass is 9.97. The summed E-state index contributed by atoms with van der Waals surface area (Å²) < 4.78 is 0. The molecule has 1 aliphatic rings. The van der Waals surface area contributed by atoms with Gasteiger partial charge in [0.1, 0.15) is 0 Å². The Morgan fingerprint density at radius 1 is 1.44 bits per heavy atom. The highest BCUT2D eigenvalue weighted by Gasteiger charge is 2.42. The lowest BCUT2D eigenvalue weighted by molar-refractivity contribution is 0.153. The lowest BCUT2D eigenvalue weighted by Crippen LogP contribution is -2.55. The zero-order valence-electron chi connectivity index (χ0n) is 10.7. The summed E-state index contributed by atoms with van der Waals surface area (Å²) in [5, 5.41) is 15.1. The van der Waals surface area contributed by atoms with Gasteiger partial charge in [-0.15, -0.1) is 0 Å². The Balaban J connectivity index is 2.43. The molecule has 1 saturated carbocycles. The molecule has 0 spiro atoms. The van der Waals surface area contributed by atoms with Gasteiger partial charge in [-0.05, 0) is 38.5 Å². The zero-order valence-corrected chi connectivity index (χ0v) is 10.7. The van der Waals surface area contributed by atoms with Gasteiger partial charge in [-0.1, -0.05) is 13.8 Å². The van der Waals surface area contributed by atoms with E-state index in [1.807, 2.05) is 13.8 Å². The molecule has 2 atom stereocenters. The van der Waals surface area contributed by atoms with Crippen molar-refractivity contribution in [1.82, 2.24) is 10.6 Å². The molecule has 0 saturated heterocycles. The number of carbonyl (C=O) groups excluding carboxylic acids is 1. The number of hydrogen-bond acceptors (Lipinski definition) is 2. The van der Waals surface area contributed by atoms with E-state index in [-0.39, 0.29) is 18.7 Å². The number of nitrogens with one attached hydrogen (secondary N) is 2. The van der Waals surface area contributed by atoms with Crippen LogP contribution >= 0.6 is 0 Å². The third kappa shape index (κ3) is 3.37. The second kappa shape index (κ2) is 5.04. The molecule has 0 bridgehead atoms. The van der Waals surface area contributed by atoms with Crippen molar-refractivity contribution in [3.8, 4) is 0 Å². The summed E-state index contributed by atoms with van der Waals surface area (Å²) in [6.07, 6.45) is 2.19. The second-order valence-electron chi connectivity index (χ2n) is 5.48. The standard InChI is InChI=1S/C12H24N2O2/c1-8(2)9(3)13-11(16)14-12(4,7-15)10-5-6-10/h8-10,15H,5-7H2,1-4H3,(H2,13,14,16). The third-order valence-electron chi connectivity index (χ3n) is 3.56. The number of urea groups is 1. The lowest BCUT2D eigenvalue weighted by Gasteiger charge is -2.30. The monoisotopic (exact) mass is 228 g/mol. The van der Waals surface area contributed by atoms with Crippen molar-refractivity contribution >= 4 is 6.03 Å². The fourth-order valence-electron chi connectivity index (χ4n) is 1.66. The first-order chi connectivity index (χ1) is 7.39. The molecule has 0 heterocycles. The average molecular weight is 228 g/mol. The molecule has 0 aromatic rings. The van der Waals surface area contributed by atoms with Gasteiger partial charge >= 0.3 is 6.03 Å². The Labute approximate surface area is 97.8 Å². The van der Waals surface area contributed by atoms with Gasteiger partial charge in [-0.25, -0.2) is 4.79 Å². The summed E-state index contributed by atoms with van der Waals surface area (Å²) in [6, 6.07) is -0.0354. The summed E-state index contributed by atoms with van der Waals surface area (Å²) >= 11 is 0. The molecular formula is C12H24N2O2. The largest absolute Gasteiger partial charge is 0.394 e. The van der Waals surface area contributed by atoms with E-state index in [0.717, 1.165) is 12.8 Å². The Morgan fingerprint density at radius 3 is 2.38 bits per heavy atom. The Hall–Kier alpha value is -0.770. The number of rotatable bonds is 5. The Morgan fingerprint density at radius 2 is 2.00 bits per heavy atom. The van der Waals surface area contributed by atoms with E-state index in [4.69, 9.17) is 0 Å². The van der Waals surface area contributed by atoms with Gasteiger partial charge in [0, 0.05) is 6.04 Å². The van der Waals surface area contributed by atoms with E-state index in [9.17, 15) is 9.90 Å². The van der Waals surface area contributed by atoms with Gasteiger partial charge in [0.2, 0.25) is 0 Å². The van der Waals surface area contributed by atoms with Crippen molar-refractivity contribution in [2.75, 3.05) is 6.61 Å². The fraction of sp³-hybridized carbons (Fsp3) is 0.917. The number of aliphatic hydroxyl groups is 1. The Kier molecular flexibility index (Phi) is 4.19. The van der Waals surface area contributed by atoms with Gasteiger partial charge in [0.15, 0.2) is 0 Å². The van der Waals surface area contributed by atoms with Gasteiger partial charge in [-0.2, -0.15) is 0 Å². The maximum absolute atomic E-state index is 11.7. The summed E-state index contributed by atoms with van der Waals surface area (Å²) in [5.74, 6) is 0.838. The SMILES string of the molecule is CC(C)C(C)NC(=O)NC(C)(CO)C1CC1. The summed E-state index contributed by atoms with van der Waals surface area (Å²) in [7, 11) is 0. The van der Waals surface area contributed by atoms with Crippen LogP contribution < -0.4 is 10.6 Å². The normalized spacial score (nSPS) is 21.4. The molecule has 2 amide bonds. The van der Waals surface area contributed by atoms with Crippen LogP contribution in [0.1, 0.15) is 40.5 Å².